The van der Waals surface area contributed by atoms with Crippen molar-refractivity contribution in [2.45, 2.75) is 49.8 Å². The van der Waals surface area contributed by atoms with Crippen molar-refractivity contribution in [1.29, 1.82) is 0 Å². The molecule has 178 valence electrons. The number of aliphatic carboxylic acids is 1. The van der Waals surface area contributed by atoms with Gasteiger partial charge in [-0.1, -0.05) is 48.5 Å². The summed E-state index contributed by atoms with van der Waals surface area (Å²) in [6, 6.07) is 15.4. The summed E-state index contributed by atoms with van der Waals surface area (Å²) in [6.45, 7) is 1.05. The maximum absolute atomic E-state index is 13.1. The molecule has 34 heavy (non-hydrogen) atoms. The van der Waals surface area contributed by atoms with E-state index in [1.807, 2.05) is 24.3 Å². The molecule has 0 radical (unpaired) electrons. The fraction of sp³-hybridized carbons (Fsp3) is 0.423. The molecule has 0 aromatic heterocycles. The van der Waals surface area contributed by atoms with E-state index < -0.39 is 24.2 Å². The second kappa shape index (κ2) is 9.46. The van der Waals surface area contributed by atoms with Gasteiger partial charge >= 0.3 is 12.1 Å². The highest BCUT2D eigenvalue weighted by Crippen LogP contribution is 2.44. The molecule has 2 N–H and O–H groups in total. The SMILES string of the molecule is O=C(O)C[C@H]1CCCN1C(=O)C1OCCC1NC(=O)OCC1c2ccccc2-c2ccccc21. The van der Waals surface area contributed by atoms with E-state index in [4.69, 9.17) is 14.6 Å². The first-order chi connectivity index (χ1) is 16.5. The fourth-order valence-corrected chi connectivity index (χ4v) is 5.48. The minimum atomic E-state index is -0.926. The van der Waals surface area contributed by atoms with Gasteiger partial charge in [-0.15, -0.1) is 0 Å². The zero-order valence-electron chi connectivity index (χ0n) is 18.8. The normalized spacial score (nSPS) is 23.4. The van der Waals surface area contributed by atoms with Crippen LogP contribution in [-0.4, -0.2) is 65.9 Å². The third-order valence-electron chi connectivity index (χ3n) is 7.05. The number of amides is 2. The van der Waals surface area contributed by atoms with Crippen molar-refractivity contribution < 1.29 is 29.0 Å². The lowest BCUT2D eigenvalue weighted by Crippen LogP contribution is -2.51. The summed E-state index contributed by atoms with van der Waals surface area (Å²) in [4.78, 5) is 38.5. The number of hydrogen-bond acceptors (Lipinski definition) is 5. The van der Waals surface area contributed by atoms with Gasteiger partial charge in [0.25, 0.3) is 5.91 Å². The van der Waals surface area contributed by atoms with Crippen molar-refractivity contribution in [3.8, 4) is 11.1 Å². The Labute approximate surface area is 197 Å². The molecule has 0 spiro atoms. The molecule has 2 fully saturated rings. The largest absolute Gasteiger partial charge is 0.481 e. The molecule has 2 amide bonds. The summed E-state index contributed by atoms with van der Waals surface area (Å²) in [6.07, 6.45) is 0.436. The highest BCUT2D eigenvalue weighted by molar-refractivity contribution is 5.84. The van der Waals surface area contributed by atoms with Crippen LogP contribution in [0.5, 0.6) is 0 Å². The van der Waals surface area contributed by atoms with Crippen LogP contribution in [0.3, 0.4) is 0 Å². The van der Waals surface area contributed by atoms with Crippen molar-refractivity contribution in [1.82, 2.24) is 10.2 Å². The van der Waals surface area contributed by atoms with Crippen LogP contribution in [0.4, 0.5) is 4.79 Å². The first kappa shape index (κ1) is 22.4. The van der Waals surface area contributed by atoms with Crippen LogP contribution in [-0.2, 0) is 19.1 Å². The first-order valence-corrected chi connectivity index (χ1v) is 11.8. The van der Waals surface area contributed by atoms with Gasteiger partial charge in [-0.3, -0.25) is 9.59 Å². The summed E-state index contributed by atoms with van der Waals surface area (Å²) in [7, 11) is 0. The van der Waals surface area contributed by atoms with Gasteiger partial charge in [-0.2, -0.15) is 0 Å². The lowest BCUT2D eigenvalue weighted by atomic mass is 9.98. The molecule has 1 aliphatic carbocycles. The number of rotatable bonds is 6. The quantitative estimate of drug-likeness (QED) is 0.681. The van der Waals surface area contributed by atoms with E-state index in [9.17, 15) is 14.4 Å². The van der Waals surface area contributed by atoms with Crippen molar-refractivity contribution in [2.75, 3.05) is 19.8 Å². The average Bonchev–Trinajstić information content (AvgIpc) is 3.55. The standard InChI is InChI=1S/C26H28N2O6/c29-23(30)14-16-6-5-12-28(16)25(31)24-22(11-13-33-24)27-26(32)34-15-21-19-9-3-1-7-17(19)18-8-2-4-10-20(18)21/h1-4,7-10,16,21-22,24H,5-6,11-15H2,(H,27,32)(H,29,30)/t16-,22?,24?/m1/s1. The van der Waals surface area contributed by atoms with Crippen LogP contribution in [0.1, 0.15) is 42.7 Å². The Morgan fingerprint density at radius 2 is 1.71 bits per heavy atom. The van der Waals surface area contributed by atoms with Crippen molar-refractivity contribution in [2.24, 2.45) is 0 Å². The number of ether oxygens (including phenoxy) is 2. The number of hydrogen-bond donors (Lipinski definition) is 2. The maximum atomic E-state index is 13.1. The predicted octanol–water partition coefficient (Wildman–Crippen LogP) is 3.15. The Bertz CT molecular complexity index is 1060. The number of carboxylic acids is 1. The Hall–Kier alpha value is -3.39. The maximum Gasteiger partial charge on any atom is 0.407 e. The highest BCUT2D eigenvalue weighted by atomic mass is 16.6. The van der Waals surface area contributed by atoms with Crippen molar-refractivity contribution in [3.05, 3.63) is 59.7 Å². The molecular weight excluding hydrogens is 436 g/mol. The Morgan fingerprint density at radius 3 is 2.38 bits per heavy atom. The molecule has 0 bridgehead atoms. The van der Waals surface area contributed by atoms with Crippen LogP contribution in [0.15, 0.2) is 48.5 Å². The van der Waals surface area contributed by atoms with Gasteiger partial charge < -0.3 is 24.8 Å². The fourth-order valence-electron chi connectivity index (χ4n) is 5.48. The molecule has 2 aromatic carbocycles. The lowest BCUT2D eigenvalue weighted by Gasteiger charge is -2.28. The van der Waals surface area contributed by atoms with Gasteiger partial charge in [0.1, 0.15) is 6.61 Å². The number of fused-ring (bicyclic) bond motifs is 3. The van der Waals surface area contributed by atoms with Gasteiger partial charge in [-0.05, 0) is 41.5 Å². The number of alkyl carbamates (subject to hydrolysis) is 1. The predicted molar refractivity (Wildman–Crippen MR) is 123 cm³/mol. The Balaban J connectivity index is 1.21. The van der Waals surface area contributed by atoms with Gasteiger partial charge in [0.2, 0.25) is 0 Å². The highest BCUT2D eigenvalue weighted by Gasteiger charge is 2.42. The lowest BCUT2D eigenvalue weighted by molar-refractivity contribution is -0.145. The number of nitrogens with one attached hydrogen (secondary N) is 1. The molecule has 3 atom stereocenters. The Morgan fingerprint density at radius 1 is 1.03 bits per heavy atom. The van der Waals surface area contributed by atoms with E-state index in [2.05, 4.69) is 29.6 Å². The number of carbonyl (C=O) groups is 3. The van der Waals surface area contributed by atoms with Gasteiger partial charge in [-0.25, -0.2) is 4.79 Å². The molecule has 2 unspecified atom stereocenters. The third kappa shape index (κ3) is 4.25. The van der Waals surface area contributed by atoms with Gasteiger partial charge in [0, 0.05) is 25.1 Å². The topological polar surface area (TPSA) is 105 Å². The van der Waals surface area contributed by atoms with Gasteiger partial charge in [0.15, 0.2) is 6.10 Å². The Kier molecular flexibility index (Phi) is 6.24. The van der Waals surface area contributed by atoms with E-state index in [1.54, 1.807) is 4.90 Å². The molecule has 5 rings (SSSR count). The monoisotopic (exact) mass is 464 g/mol. The van der Waals surface area contributed by atoms with E-state index in [0.29, 0.717) is 26.0 Å². The number of nitrogens with zero attached hydrogens (tertiary/aromatic N) is 1. The second-order valence-electron chi connectivity index (χ2n) is 9.08. The molecule has 2 aromatic rings. The molecule has 2 heterocycles. The molecule has 8 nitrogen and oxygen atoms in total. The van der Waals surface area contributed by atoms with E-state index in [0.717, 1.165) is 28.7 Å². The molecule has 0 saturated carbocycles. The van der Waals surface area contributed by atoms with E-state index in [-0.39, 0.29) is 30.9 Å². The van der Waals surface area contributed by atoms with Crippen molar-refractivity contribution in [3.63, 3.8) is 0 Å². The van der Waals surface area contributed by atoms with Gasteiger partial charge in [0.05, 0.1) is 12.5 Å². The number of carboxylic acid groups (broad SMARTS) is 1. The minimum Gasteiger partial charge on any atom is -0.481 e. The van der Waals surface area contributed by atoms with Crippen LogP contribution in [0.2, 0.25) is 0 Å². The zero-order chi connectivity index (χ0) is 23.7. The molecule has 2 saturated heterocycles. The molecule has 2 aliphatic heterocycles. The summed E-state index contributed by atoms with van der Waals surface area (Å²) < 4.78 is 11.3. The number of benzene rings is 2. The summed E-state index contributed by atoms with van der Waals surface area (Å²) >= 11 is 0. The zero-order valence-corrected chi connectivity index (χ0v) is 18.8. The minimum absolute atomic E-state index is 0.0446. The van der Waals surface area contributed by atoms with Crippen molar-refractivity contribution >= 4 is 18.0 Å². The molecule has 3 aliphatic rings. The van der Waals surface area contributed by atoms with Crippen LogP contribution >= 0.6 is 0 Å². The van der Waals surface area contributed by atoms with Crippen LogP contribution < -0.4 is 5.32 Å². The average molecular weight is 465 g/mol. The summed E-state index contributed by atoms with van der Waals surface area (Å²) in [5.74, 6) is -1.23. The molecular formula is C26H28N2O6. The summed E-state index contributed by atoms with van der Waals surface area (Å²) in [5, 5.41) is 11.9. The smallest absolute Gasteiger partial charge is 0.407 e. The second-order valence-corrected chi connectivity index (χ2v) is 9.08. The van der Waals surface area contributed by atoms with E-state index in [1.165, 1.54) is 0 Å². The molecule has 8 heteroatoms. The summed E-state index contributed by atoms with van der Waals surface area (Å²) in [5.41, 5.74) is 4.58. The first-order valence-electron chi connectivity index (χ1n) is 11.8. The van der Waals surface area contributed by atoms with Crippen LogP contribution in [0.25, 0.3) is 11.1 Å². The van der Waals surface area contributed by atoms with E-state index >= 15 is 0 Å². The van der Waals surface area contributed by atoms with Crippen LogP contribution in [0, 0.1) is 0 Å². The third-order valence-corrected chi connectivity index (χ3v) is 7.05. The number of likely N-dealkylation sites (tertiary alicyclic amines) is 1. The number of carbonyl (C=O) groups excluding carboxylic acids is 2.